The van der Waals surface area contributed by atoms with Gasteiger partial charge in [-0.2, -0.15) is 0 Å². The Morgan fingerprint density at radius 2 is 1.38 bits per heavy atom. The minimum Gasteiger partial charge on any atom is -0.301 e. The van der Waals surface area contributed by atoms with E-state index in [-0.39, 0.29) is 0 Å². The van der Waals surface area contributed by atoms with Crippen molar-refractivity contribution in [3.63, 3.8) is 0 Å². The lowest BCUT2D eigenvalue weighted by atomic mass is 10.0. The second kappa shape index (κ2) is 6.48. The summed E-state index contributed by atoms with van der Waals surface area (Å²) < 4.78 is 3.70. The Bertz CT molecular complexity index is 1490. The van der Waals surface area contributed by atoms with E-state index in [2.05, 4.69) is 89.5 Å². The molecule has 2 aromatic heterocycles. The van der Waals surface area contributed by atoms with Crippen molar-refractivity contribution in [2.75, 3.05) is 0 Å². The van der Waals surface area contributed by atoms with Crippen molar-refractivity contribution in [3.05, 3.63) is 102 Å². The van der Waals surface area contributed by atoms with Gasteiger partial charge in [-0.3, -0.25) is 0 Å². The van der Waals surface area contributed by atoms with Gasteiger partial charge in [-0.05, 0) is 41.5 Å². The summed E-state index contributed by atoms with van der Waals surface area (Å²) in [6, 6.07) is 34.0. The average Bonchev–Trinajstić information content (AvgIpc) is 3.29. The maximum Gasteiger partial charge on any atom is 0.109 e. The standard InChI is InChI=1S/C26H16ClNS/c27-18-15-13-17(14-16-18)20-10-6-11-22-24-21-9-4-5-12-23(21)28(26(24)29-25(20)22)19-7-2-1-3-8-19/h1-16H. The molecule has 4 aromatic carbocycles. The maximum absolute atomic E-state index is 6.12. The number of halogens is 1. The molecule has 0 atom stereocenters. The van der Waals surface area contributed by atoms with Gasteiger partial charge >= 0.3 is 0 Å². The summed E-state index contributed by atoms with van der Waals surface area (Å²) in [5.74, 6) is 0. The van der Waals surface area contributed by atoms with Gasteiger partial charge in [-0.1, -0.05) is 78.3 Å². The molecule has 0 aliphatic carbocycles. The van der Waals surface area contributed by atoms with E-state index in [1.807, 2.05) is 23.5 Å². The number of aromatic nitrogens is 1. The number of rotatable bonds is 2. The summed E-state index contributed by atoms with van der Waals surface area (Å²) in [5, 5.41) is 4.70. The van der Waals surface area contributed by atoms with Gasteiger partial charge in [-0.15, -0.1) is 11.3 Å². The van der Waals surface area contributed by atoms with Gasteiger partial charge in [0.05, 0.1) is 5.52 Å². The van der Waals surface area contributed by atoms with Gasteiger partial charge in [0.15, 0.2) is 0 Å². The van der Waals surface area contributed by atoms with Crippen LogP contribution in [0.5, 0.6) is 0 Å². The molecule has 6 rings (SSSR count). The van der Waals surface area contributed by atoms with Gasteiger partial charge in [0.25, 0.3) is 0 Å². The predicted molar refractivity (Wildman–Crippen MR) is 127 cm³/mol. The van der Waals surface area contributed by atoms with Crippen molar-refractivity contribution >= 4 is 54.1 Å². The summed E-state index contributed by atoms with van der Waals surface area (Å²) in [6.45, 7) is 0. The lowest BCUT2D eigenvalue weighted by molar-refractivity contribution is 1.19. The van der Waals surface area contributed by atoms with Crippen molar-refractivity contribution in [1.29, 1.82) is 0 Å². The molecule has 1 nitrogen and oxygen atoms in total. The topological polar surface area (TPSA) is 4.93 Å². The molecule has 0 saturated carbocycles. The SMILES string of the molecule is Clc1ccc(-c2cccc3c2sc2c3c3ccccc3n2-c2ccccc2)cc1. The van der Waals surface area contributed by atoms with Gasteiger partial charge in [0, 0.05) is 31.6 Å². The molecule has 29 heavy (non-hydrogen) atoms. The monoisotopic (exact) mass is 409 g/mol. The fourth-order valence-electron chi connectivity index (χ4n) is 4.20. The fraction of sp³-hybridized carbons (Fsp3) is 0. The molecule has 2 heterocycles. The van der Waals surface area contributed by atoms with Crippen LogP contribution in [0, 0.1) is 0 Å². The lowest BCUT2D eigenvalue weighted by Gasteiger charge is -2.06. The molecule has 0 saturated heterocycles. The Balaban J connectivity index is 1.76. The van der Waals surface area contributed by atoms with Crippen LogP contribution in [0.3, 0.4) is 0 Å². The molecule has 0 amide bonds. The number of hydrogen-bond donors (Lipinski definition) is 0. The number of fused-ring (bicyclic) bond motifs is 5. The van der Waals surface area contributed by atoms with Crippen molar-refractivity contribution in [2.24, 2.45) is 0 Å². The fourth-order valence-corrected chi connectivity index (χ4v) is 5.72. The van der Waals surface area contributed by atoms with Crippen molar-refractivity contribution in [1.82, 2.24) is 4.57 Å². The van der Waals surface area contributed by atoms with Crippen LogP contribution in [0.15, 0.2) is 97.1 Å². The third kappa shape index (κ3) is 2.53. The molecule has 0 N–H and O–H groups in total. The first-order chi connectivity index (χ1) is 14.3. The lowest BCUT2D eigenvalue weighted by Crippen LogP contribution is -1.91. The normalized spacial score (nSPS) is 11.6. The van der Waals surface area contributed by atoms with E-state index in [9.17, 15) is 0 Å². The molecule has 0 fully saturated rings. The zero-order valence-corrected chi connectivity index (χ0v) is 17.0. The highest BCUT2D eigenvalue weighted by atomic mass is 35.5. The molecule has 0 spiro atoms. The van der Waals surface area contributed by atoms with E-state index >= 15 is 0 Å². The zero-order chi connectivity index (χ0) is 19.4. The largest absolute Gasteiger partial charge is 0.301 e. The third-order valence-corrected chi connectivity index (χ3v) is 6.96. The predicted octanol–water partition coefficient (Wildman–Crippen LogP) is 8.32. The molecule has 0 radical (unpaired) electrons. The smallest absolute Gasteiger partial charge is 0.109 e. The molecule has 0 aliphatic heterocycles. The number of para-hydroxylation sites is 2. The van der Waals surface area contributed by atoms with Crippen LogP contribution in [0.25, 0.3) is 48.0 Å². The van der Waals surface area contributed by atoms with E-state index in [1.165, 1.54) is 48.0 Å². The van der Waals surface area contributed by atoms with E-state index in [4.69, 9.17) is 11.6 Å². The molecule has 0 bridgehead atoms. The van der Waals surface area contributed by atoms with Gasteiger partial charge in [-0.25, -0.2) is 0 Å². The highest BCUT2D eigenvalue weighted by molar-refractivity contribution is 7.26. The Hall–Kier alpha value is -3.07. The van der Waals surface area contributed by atoms with Gasteiger partial charge in [0.2, 0.25) is 0 Å². The Morgan fingerprint density at radius 3 is 2.21 bits per heavy atom. The van der Waals surface area contributed by atoms with Crippen LogP contribution in [0.4, 0.5) is 0 Å². The zero-order valence-electron chi connectivity index (χ0n) is 15.5. The quantitative estimate of drug-likeness (QED) is 0.271. The molecule has 3 heteroatoms. The molecular weight excluding hydrogens is 394 g/mol. The number of thiophene rings is 1. The summed E-state index contributed by atoms with van der Waals surface area (Å²) in [4.78, 5) is 1.29. The van der Waals surface area contributed by atoms with Gasteiger partial charge in [0.1, 0.15) is 4.83 Å². The molecule has 138 valence electrons. The summed E-state index contributed by atoms with van der Waals surface area (Å²) in [7, 11) is 0. The Labute approximate surface area is 177 Å². The summed E-state index contributed by atoms with van der Waals surface area (Å²) in [5.41, 5.74) is 4.89. The highest BCUT2D eigenvalue weighted by Gasteiger charge is 2.18. The summed E-state index contributed by atoms with van der Waals surface area (Å²) in [6.07, 6.45) is 0. The van der Waals surface area contributed by atoms with Crippen LogP contribution in [-0.2, 0) is 0 Å². The highest BCUT2D eigenvalue weighted by Crippen LogP contribution is 2.45. The van der Waals surface area contributed by atoms with Crippen molar-refractivity contribution in [3.8, 4) is 16.8 Å². The van der Waals surface area contributed by atoms with Crippen LogP contribution in [0.2, 0.25) is 5.02 Å². The van der Waals surface area contributed by atoms with Crippen molar-refractivity contribution < 1.29 is 0 Å². The third-order valence-electron chi connectivity index (χ3n) is 5.48. The maximum atomic E-state index is 6.12. The summed E-state index contributed by atoms with van der Waals surface area (Å²) >= 11 is 7.98. The minimum absolute atomic E-state index is 0.763. The second-order valence-electron chi connectivity index (χ2n) is 7.16. The number of nitrogens with zero attached hydrogens (tertiary/aromatic N) is 1. The van der Waals surface area contributed by atoms with E-state index in [0.717, 1.165) is 5.02 Å². The van der Waals surface area contributed by atoms with E-state index in [0.29, 0.717) is 0 Å². The van der Waals surface area contributed by atoms with Crippen LogP contribution < -0.4 is 0 Å². The first-order valence-electron chi connectivity index (χ1n) is 9.57. The number of hydrogen-bond acceptors (Lipinski definition) is 1. The Morgan fingerprint density at radius 1 is 0.655 bits per heavy atom. The molecule has 0 aliphatic rings. The molecule has 0 unspecified atom stereocenters. The van der Waals surface area contributed by atoms with Crippen LogP contribution in [-0.4, -0.2) is 4.57 Å². The average molecular weight is 410 g/mol. The number of benzene rings is 4. The van der Waals surface area contributed by atoms with E-state index in [1.54, 1.807) is 0 Å². The van der Waals surface area contributed by atoms with Gasteiger partial charge < -0.3 is 4.57 Å². The molecule has 6 aromatic rings. The molecular formula is C26H16ClNS. The second-order valence-corrected chi connectivity index (χ2v) is 8.59. The van der Waals surface area contributed by atoms with Crippen LogP contribution in [0.1, 0.15) is 0 Å². The Kier molecular flexibility index (Phi) is 3.77. The first-order valence-corrected chi connectivity index (χ1v) is 10.8. The van der Waals surface area contributed by atoms with Crippen molar-refractivity contribution in [2.45, 2.75) is 0 Å². The first kappa shape index (κ1) is 16.8. The van der Waals surface area contributed by atoms with Crippen LogP contribution >= 0.6 is 22.9 Å². The minimum atomic E-state index is 0.763. The van der Waals surface area contributed by atoms with E-state index < -0.39 is 0 Å².